The maximum Gasteiger partial charge on any atom is 0.00698 e. The zero-order chi connectivity index (χ0) is 9.97. The molecule has 2 rings (SSSR count). The summed E-state index contributed by atoms with van der Waals surface area (Å²) in [5, 5.41) is 0. The van der Waals surface area contributed by atoms with Gasteiger partial charge in [0.15, 0.2) is 0 Å². The van der Waals surface area contributed by atoms with Crippen molar-refractivity contribution in [3.8, 4) is 0 Å². The van der Waals surface area contributed by atoms with Gasteiger partial charge in [0.1, 0.15) is 0 Å². The molecule has 0 aromatic carbocycles. The van der Waals surface area contributed by atoms with Crippen LogP contribution in [0.5, 0.6) is 0 Å². The standard InChI is InChI=1S/C13H25N/c1-10-5-4-6-11(9-10)12-7-2-3-8-13(12)14/h10-13H,2-9,14H2,1H3. The SMILES string of the molecule is CC1CCCC(C2CCCCC2N)C1. The number of hydrogen-bond donors (Lipinski definition) is 1. The number of rotatable bonds is 1. The normalized spacial score (nSPS) is 45.0. The van der Waals surface area contributed by atoms with E-state index >= 15 is 0 Å². The van der Waals surface area contributed by atoms with Gasteiger partial charge in [0.25, 0.3) is 0 Å². The lowest BCUT2D eigenvalue weighted by Crippen LogP contribution is -2.39. The van der Waals surface area contributed by atoms with E-state index in [-0.39, 0.29) is 0 Å². The fourth-order valence-corrected chi connectivity index (χ4v) is 3.64. The Morgan fingerprint density at radius 2 is 1.71 bits per heavy atom. The Morgan fingerprint density at radius 3 is 2.43 bits per heavy atom. The van der Waals surface area contributed by atoms with Crippen LogP contribution in [0.25, 0.3) is 0 Å². The van der Waals surface area contributed by atoms with Crippen LogP contribution in [0, 0.1) is 17.8 Å². The van der Waals surface area contributed by atoms with Crippen LogP contribution in [-0.4, -0.2) is 6.04 Å². The molecule has 4 atom stereocenters. The lowest BCUT2D eigenvalue weighted by atomic mass is 9.69. The maximum absolute atomic E-state index is 6.26. The van der Waals surface area contributed by atoms with E-state index in [1.54, 1.807) is 0 Å². The monoisotopic (exact) mass is 195 g/mol. The van der Waals surface area contributed by atoms with E-state index in [1.807, 2.05) is 0 Å². The Labute approximate surface area is 88.4 Å². The molecule has 4 unspecified atom stereocenters. The van der Waals surface area contributed by atoms with E-state index in [0.29, 0.717) is 6.04 Å². The predicted molar refractivity (Wildman–Crippen MR) is 61.1 cm³/mol. The van der Waals surface area contributed by atoms with Crippen molar-refractivity contribution >= 4 is 0 Å². The highest BCUT2D eigenvalue weighted by Gasteiger charge is 2.31. The average molecular weight is 195 g/mol. The van der Waals surface area contributed by atoms with Crippen LogP contribution in [0.2, 0.25) is 0 Å². The van der Waals surface area contributed by atoms with Gasteiger partial charge >= 0.3 is 0 Å². The van der Waals surface area contributed by atoms with Crippen LogP contribution in [0.1, 0.15) is 58.3 Å². The van der Waals surface area contributed by atoms with E-state index in [0.717, 1.165) is 17.8 Å². The molecule has 0 radical (unpaired) electrons. The molecule has 2 aliphatic carbocycles. The van der Waals surface area contributed by atoms with Crippen LogP contribution in [0.15, 0.2) is 0 Å². The summed E-state index contributed by atoms with van der Waals surface area (Å²) in [6.07, 6.45) is 11.3. The molecule has 14 heavy (non-hydrogen) atoms. The molecule has 0 amide bonds. The van der Waals surface area contributed by atoms with Gasteiger partial charge in [-0.15, -0.1) is 0 Å². The summed E-state index contributed by atoms with van der Waals surface area (Å²) in [7, 11) is 0. The number of hydrogen-bond acceptors (Lipinski definition) is 1. The van der Waals surface area contributed by atoms with E-state index < -0.39 is 0 Å². The lowest BCUT2D eigenvalue weighted by Gasteiger charge is -2.39. The van der Waals surface area contributed by atoms with Crippen molar-refractivity contribution in [3.05, 3.63) is 0 Å². The van der Waals surface area contributed by atoms with Crippen molar-refractivity contribution < 1.29 is 0 Å². The summed E-state index contributed by atoms with van der Waals surface area (Å²) in [4.78, 5) is 0. The first-order valence-electron chi connectivity index (χ1n) is 6.53. The Balaban J connectivity index is 1.91. The second-order valence-electron chi connectivity index (χ2n) is 5.64. The molecule has 2 fully saturated rings. The molecule has 1 nitrogen and oxygen atoms in total. The van der Waals surface area contributed by atoms with Crippen LogP contribution in [0.4, 0.5) is 0 Å². The third kappa shape index (κ3) is 2.31. The smallest absolute Gasteiger partial charge is 0.00698 e. The first kappa shape index (κ1) is 10.5. The molecule has 0 aromatic heterocycles. The predicted octanol–water partition coefficient (Wildman–Crippen LogP) is 3.33. The van der Waals surface area contributed by atoms with Gasteiger partial charge in [0.05, 0.1) is 0 Å². The first-order chi connectivity index (χ1) is 6.77. The highest BCUT2D eigenvalue weighted by Crippen LogP contribution is 2.39. The van der Waals surface area contributed by atoms with Gasteiger partial charge in [-0.25, -0.2) is 0 Å². The molecule has 0 aliphatic heterocycles. The van der Waals surface area contributed by atoms with Crippen LogP contribution in [-0.2, 0) is 0 Å². The molecule has 0 saturated heterocycles. The summed E-state index contributed by atoms with van der Waals surface area (Å²) in [6.45, 7) is 2.42. The molecule has 0 aromatic rings. The van der Waals surface area contributed by atoms with Crippen molar-refractivity contribution in [2.45, 2.75) is 64.3 Å². The summed E-state index contributed by atoms with van der Waals surface area (Å²) in [5.74, 6) is 2.79. The largest absolute Gasteiger partial charge is 0.327 e. The summed E-state index contributed by atoms with van der Waals surface area (Å²) < 4.78 is 0. The molecule has 2 N–H and O–H groups in total. The van der Waals surface area contributed by atoms with Gasteiger partial charge in [0.2, 0.25) is 0 Å². The quantitative estimate of drug-likeness (QED) is 0.682. The first-order valence-corrected chi connectivity index (χ1v) is 6.53. The van der Waals surface area contributed by atoms with Crippen LogP contribution >= 0.6 is 0 Å². The minimum absolute atomic E-state index is 0.527. The second-order valence-corrected chi connectivity index (χ2v) is 5.64. The lowest BCUT2D eigenvalue weighted by molar-refractivity contribution is 0.147. The van der Waals surface area contributed by atoms with Gasteiger partial charge in [-0.1, -0.05) is 39.0 Å². The van der Waals surface area contributed by atoms with Crippen LogP contribution < -0.4 is 5.73 Å². The molecule has 0 bridgehead atoms. The Bertz CT molecular complexity index is 178. The molecular formula is C13H25N. The number of nitrogens with two attached hydrogens (primary N) is 1. The minimum Gasteiger partial charge on any atom is -0.327 e. The summed E-state index contributed by atoms with van der Waals surface area (Å²) in [5.41, 5.74) is 6.26. The van der Waals surface area contributed by atoms with E-state index in [2.05, 4.69) is 6.92 Å². The molecule has 2 aliphatic rings. The van der Waals surface area contributed by atoms with Crippen molar-refractivity contribution in [2.75, 3.05) is 0 Å². The highest BCUT2D eigenvalue weighted by molar-refractivity contribution is 4.85. The second kappa shape index (κ2) is 4.65. The highest BCUT2D eigenvalue weighted by atomic mass is 14.7. The molecule has 2 saturated carbocycles. The van der Waals surface area contributed by atoms with Crippen molar-refractivity contribution in [2.24, 2.45) is 23.5 Å². The summed E-state index contributed by atoms with van der Waals surface area (Å²) in [6, 6.07) is 0.527. The van der Waals surface area contributed by atoms with Crippen LogP contribution in [0.3, 0.4) is 0 Å². The minimum atomic E-state index is 0.527. The molecule has 0 spiro atoms. The van der Waals surface area contributed by atoms with Crippen molar-refractivity contribution in [1.82, 2.24) is 0 Å². The zero-order valence-corrected chi connectivity index (χ0v) is 9.54. The fraction of sp³-hybridized carbons (Fsp3) is 1.00. The molecule has 0 heterocycles. The van der Waals surface area contributed by atoms with E-state index in [9.17, 15) is 0 Å². The van der Waals surface area contributed by atoms with E-state index in [1.165, 1.54) is 51.4 Å². The Kier molecular flexibility index (Phi) is 3.48. The van der Waals surface area contributed by atoms with Gasteiger partial charge in [-0.2, -0.15) is 0 Å². The third-order valence-electron chi connectivity index (χ3n) is 4.46. The molecule has 1 heteroatoms. The Hall–Kier alpha value is -0.0400. The molecular weight excluding hydrogens is 170 g/mol. The topological polar surface area (TPSA) is 26.0 Å². The van der Waals surface area contributed by atoms with Crippen molar-refractivity contribution in [3.63, 3.8) is 0 Å². The third-order valence-corrected chi connectivity index (χ3v) is 4.46. The van der Waals surface area contributed by atoms with E-state index in [4.69, 9.17) is 5.73 Å². The van der Waals surface area contributed by atoms with Gasteiger partial charge < -0.3 is 5.73 Å². The van der Waals surface area contributed by atoms with Gasteiger partial charge in [0, 0.05) is 6.04 Å². The van der Waals surface area contributed by atoms with Gasteiger partial charge in [-0.3, -0.25) is 0 Å². The average Bonchev–Trinajstić information content (AvgIpc) is 2.18. The van der Waals surface area contributed by atoms with Crippen molar-refractivity contribution in [1.29, 1.82) is 0 Å². The Morgan fingerprint density at radius 1 is 0.929 bits per heavy atom. The summed E-state index contributed by atoms with van der Waals surface area (Å²) >= 11 is 0. The molecule has 82 valence electrons. The maximum atomic E-state index is 6.26. The van der Waals surface area contributed by atoms with Gasteiger partial charge in [-0.05, 0) is 37.0 Å². The fourth-order valence-electron chi connectivity index (χ4n) is 3.64. The zero-order valence-electron chi connectivity index (χ0n) is 9.54.